The van der Waals surface area contributed by atoms with Gasteiger partial charge in [-0.15, -0.1) is 0 Å². The zero-order chi connectivity index (χ0) is 17.7. The first-order valence-corrected chi connectivity index (χ1v) is 6.67. The summed E-state index contributed by atoms with van der Waals surface area (Å²) in [5.41, 5.74) is -1.79. The largest absolute Gasteiger partial charge is 0.534 e. The summed E-state index contributed by atoms with van der Waals surface area (Å²) < 4.78 is 9.81. The number of rotatable bonds is 2. The summed E-state index contributed by atoms with van der Waals surface area (Å²) in [6, 6.07) is 0. The van der Waals surface area contributed by atoms with Gasteiger partial charge < -0.3 is 9.47 Å². The molecule has 0 fully saturated rings. The normalized spacial score (nSPS) is 11.4. The number of ether oxygens (including phenoxy) is 2. The molecular weight excluding hydrogens is 294 g/mol. The van der Waals surface area contributed by atoms with E-state index in [2.05, 4.69) is 4.84 Å². The van der Waals surface area contributed by atoms with Gasteiger partial charge in [-0.1, -0.05) is 5.06 Å². The molecule has 0 aromatic heterocycles. The molecule has 0 saturated heterocycles. The highest BCUT2D eigenvalue weighted by atomic mass is 16.8. The first kappa shape index (κ1) is 19.9. The molecule has 0 aromatic carbocycles. The molecule has 0 N–H and O–H groups in total. The van der Waals surface area contributed by atoms with Crippen LogP contribution in [0, 0.1) is 0 Å². The molecule has 0 aromatic rings. The third-order valence-electron chi connectivity index (χ3n) is 1.74. The molecule has 8 nitrogen and oxygen atoms in total. The number of carbonyl (C=O) groups excluding carboxylic acids is 4. The number of ketones is 1. The number of amides is 2. The fourth-order valence-electron chi connectivity index (χ4n) is 1.12. The summed E-state index contributed by atoms with van der Waals surface area (Å²) in [5, 5.41) is 0.0979. The van der Waals surface area contributed by atoms with Gasteiger partial charge in [-0.25, -0.2) is 9.59 Å². The fraction of sp³-hybridized carbons (Fsp3) is 0.714. The lowest BCUT2D eigenvalue weighted by Gasteiger charge is -2.25. The SMILES string of the molecule is CC(=O)CC(=O)N(OC(=O)OC(C)(C)C)C(=O)OC(C)(C)C. The van der Waals surface area contributed by atoms with E-state index in [1.165, 1.54) is 6.92 Å². The van der Waals surface area contributed by atoms with Crippen LogP contribution in [0.3, 0.4) is 0 Å². The number of hydrogen-bond donors (Lipinski definition) is 0. The van der Waals surface area contributed by atoms with Crippen LogP contribution in [0.15, 0.2) is 0 Å². The second-order valence-electron chi connectivity index (χ2n) is 6.60. The van der Waals surface area contributed by atoms with Gasteiger partial charge >= 0.3 is 12.2 Å². The van der Waals surface area contributed by atoms with E-state index in [9.17, 15) is 19.2 Å². The number of hydrogen-bond acceptors (Lipinski definition) is 7. The van der Waals surface area contributed by atoms with Gasteiger partial charge in [0.15, 0.2) is 0 Å². The van der Waals surface area contributed by atoms with Gasteiger partial charge in [0.05, 0.1) is 6.42 Å². The van der Waals surface area contributed by atoms with Crippen molar-refractivity contribution in [1.82, 2.24) is 5.06 Å². The van der Waals surface area contributed by atoms with Gasteiger partial charge in [0, 0.05) is 0 Å². The van der Waals surface area contributed by atoms with Crippen LogP contribution in [0.4, 0.5) is 9.59 Å². The van der Waals surface area contributed by atoms with Crippen LogP contribution < -0.4 is 0 Å². The van der Waals surface area contributed by atoms with Crippen molar-refractivity contribution >= 4 is 23.9 Å². The van der Waals surface area contributed by atoms with Crippen molar-refractivity contribution in [3.05, 3.63) is 0 Å². The van der Waals surface area contributed by atoms with Gasteiger partial charge in [0.2, 0.25) is 0 Å². The van der Waals surface area contributed by atoms with E-state index in [4.69, 9.17) is 9.47 Å². The second-order valence-corrected chi connectivity index (χ2v) is 6.60. The Morgan fingerprint density at radius 2 is 1.32 bits per heavy atom. The van der Waals surface area contributed by atoms with Crippen LogP contribution in [-0.2, 0) is 23.9 Å². The topological polar surface area (TPSA) is 99.2 Å². The predicted octanol–water partition coefficient (Wildman–Crippen LogP) is 2.60. The highest BCUT2D eigenvalue weighted by molar-refractivity contribution is 6.02. The molecule has 2 amide bonds. The van der Waals surface area contributed by atoms with E-state index in [0.29, 0.717) is 0 Å². The maximum absolute atomic E-state index is 11.9. The number of nitrogens with zero attached hydrogens (tertiary/aromatic N) is 1. The minimum Gasteiger partial charge on any atom is -0.441 e. The molecule has 0 atom stereocenters. The quantitative estimate of drug-likeness (QED) is 0.438. The Bertz CT molecular complexity index is 457. The lowest BCUT2D eigenvalue weighted by Crippen LogP contribution is -2.43. The van der Waals surface area contributed by atoms with Crippen molar-refractivity contribution in [1.29, 1.82) is 0 Å². The molecular formula is C14H23NO7. The number of Topliss-reactive ketones (excluding diaryl/α,β-unsaturated/α-hetero) is 1. The van der Waals surface area contributed by atoms with E-state index in [0.717, 1.165) is 0 Å². The summed E-state index contributed by atoms with van der Waals surface area (Å²) >= 11 is 0. The lowest BCUT2D eigenvalue weighted by molar-refractivity contribution is -0.171. The van der Waals surface area contributed by atoms with Gasteiger partial charge in [-0.05, 0) is 48.5 Å². The third kappa shape index (κ3) is 8.93. The molecule has 0 aliphatic heterocycles. The van der Waals surface area contributed by atoms with Crippen molar-refractivity contribution in [3.63, 3.8) is 0 Å². The Balaban J connectivity index is 5.09. The Morgan fingerprint density at radius 1 is 0.864 bits per heavy atom. The molecule has 0 spiro atoms. The maximum Gasteiger partial charge on any atom is 0.534 e. The summed E-state index contributed by atoms with van der Waals surface area (Å²) in [6.07, 6.45) is -3.07. The van der Waals surface area contributed by atoms with E-state index in [1.807, 2.05) is 0 Å². The van der Waals surface area contributed by atoms with Crippen molar-refractivity contribution < 1.29 is 33.5 Å². The van der Waals surface area contributed by atoms with Crippen LogP contribution in [0.1, 0.15) is 54.9 Å². The molecule has 0 saturated carbocycles. The first-order valence-electron chi connectivity index (χ1n) is 6.67. The standard InChI is InChI=1S/C14H23NO7/c1-9(16)8-10(17)15(11(18)20-13(2,3)4)22-12(19)21-14(5,6)7/h8H2,1-7H3. The second kappa shape index (κ2) is 7.24. The maximum atomic E-state index is 11.9. The highest BCUT2D eigenvalue weighted by Gasteiger charge is 2.33. The highest BCUT2D eigenvalue weighted by Crippen LogP contribution is 2.14. The molecule has 22 heavy (non-hydrogen) atoms. The van der Waals surface area contributed by atoms with E-state index in [-0.39, 0.29) is 5.06 Å². The number of hydroxylamine groups is 2. The van der Waals surface area contributed by atoms with Crippen LogP contribution >= 0.6 is 0 Å². The number of imide groups is 1. The van der Waals surface area contributed by atoms with Gasteiger partial charge in [-0.2, -0.15) is 0 Å². The molecule has 8 heteroatoms. The minimum atomic E-state index is -1.25. The van der Waals surface area contributed by atoms with Crippen LogP contribution in [0.2, 0.25) is 0 Å². The molecule has 0 rings (SSSR count). The van der Waals surface area contributed by atoms with E-state index in [1.54, 1.807) is 41.5 Å². The summed E-state index contributed by atoms with van der Waals surface area (Å²) in [7, 11) is 0. The smallest absolute Gasteiger partial charge is 0.441 e. The molecule has 0 bridgehead atoms. The lowest BCUT2D eigenvalue weighted by atomic mass is 10.2. The van der Waals surface area contributed by atoms with Crippen molar-refractivity contribution in [2.24, 2.45) is 0 Å². The van der Waals surface area contributed by atoms with E-state index < -0.39 is 41.6 Å². The van der Waals surface area contributed by atoms with Crippen LogP contribution in [0.25, 0.3) is 0 Å². The van der Waals surface area contributed by atoms with E-state index >= 15 is 0 Å². The molecule has 0 aliphatic carbocycles. The van der Waals surface area contributed by atoms with Gasteiger partial charge in [0.1, 0.15) is 17.0 Å². The molecule has 0 radical (unpaired) electrons. The predicted molar refractivity (Wildman–Crippen MR) is 75.7 cm³/mol. The summed E-state index contributed by atoms with van der Waals surface area (Å²) in [6.45, 7) is 10.7. The first-order chi connectivity index (χ1) is 9.71. The van der Waals surface area contributed by atoms with Crippen LogP contribution in [0.5, 0.6) is 0 Å². The third-order valence-corrected chi connectivity index (χ3v) is 1.74. The average molecular weight is 317 g/mol. The van der Waals surface area contributed by atoms with Crippen LogP contribution in [-0.4, -0.2) is 40.2 Å². The van der Waals surface area contributed by atoms with Gasteiger partial charge in [0.25, 0.3) is 5.91 Å². The monoisotopic (exact) mass is 317 g/mol. The molecule has 0 unspecified atom stereocenters. The van der Waals surface area contributed by atoms with Crippen molar-refractivity contribution in [2.75, 3.05) is 0 Å². The summed E-state index contributed by atoms with van der Waals surface area (Å²) in [5.74, 6) is -1.51. The number of carbonyl (C=O) groups is 4. The molecule has 126 valence electrons. The zero-order valence-electron chi connectivity index (χ0n) is 14.0. The molecule has 0 heterocycles. The Morgan fingerprint density at radius 3 is 1.68 bits per heavy atom. The zero-order valence-corrected chi connectivity index (χ0v) is 14.0. The molecule has 0 aliphatic rings. The average Bonchev–Trinajstić information content (AvgIpc) is 2.19. The Hall–Kier alpha value is -2.12. The Labute approximate surface area is 129 Å². The van der Waals surface area contributed by atoms with Gasteiger partial charge in [-0.3, -0.25) is 14.4 Å². The summed E-state index contributed by atoms with van der Waals surface area (Å²) in [4.78, 5) is 51.0. The Kier molecular flexibility index (Phi) is 6.54. The van der Waals surface area contributed by atoms with Crippen molar-refractivity contribution in [3.8, 4) is 0 Å². The minimum absolute atomic E-state index is 0.0979. The van der Waals surface area contributed by atoms with Crippen molar-refractivity contribution in [2.45, 2.75) is 66.1 Å². The fourth-order valence-corrected chi connectivity index (χ4v) is 1.12.